The maximum Gasteiger partial charge on any atom is 0.333 e. The number of aromatic nitrogens is 4. The van der Waals surface area contributed by atoms with Gasteiger partial charge < -0.3 is 5.32 Å². The van der Waals surface area contributed by atoms with Gasteiger partial charge in [-0.05, 0) is 53.9 Å². The molecule has 2 aromatic rings. The number of carbonyl (C=O) groups is 1. The minimum atomic E-state index is -2.70. The van der Waals surface area contributed by atoms with Crippen molar-refractivity contribution < 1.29 is 13.6 Å². The number of hydrogen-bond acceptors (Lipinski definition) is 3. The van der Waals surface area contributed by atoms with Gasteiger partial charge in [-0.25, -0.2) is 4.68 Å². The van der Waals surface area contributed by atoms with Gasteiger partial charge in [0.25, 0.3) is 0 Å². The quantitative estimate of drug-likeness (QED) is 0.883. The normalized spacial score (nSPS) is 17.3. The molecule has 8 heteroatoms. The fourth-order valence-electron chi connectivity index (χ4n) is 3.83. The van der Waals surface area contributed by atoms with Crippen LogP contribution >= 0.6 is 0 Å². The number of hydrogen-bond donors (Lipinski definition) is 1. The van der Waals surface area contributed by atoms with Crippen molar-refractivity contribution in [3.63, 3.8) is 0 Å². The first-order valence-corrected chi connectivity index (χ1v) is 9.29. The summed E-state index contributed by atoms with van der Waals surface area (Å²) in [5, 5.41) is 11.4. The largest absolute Gasteiger partial charge is 0.349 e. The van der Waals surface area contributed by atoms with Crippen molar-refractivity contribution in [1.29, 1.82) is 0 Å². The number of carbonyl (C=O) groups excluding carboxylic acids is 1. The van der Waals surface area contributed by atoms with E-state index in [2.05, 4.69) is 36.3 Å². The van der Waals surface area contributed by atoms with Gasteiger partial charge in [0, 0.05) is 22.5 Å². The Kier molecular flexibility index (Phi) is 5.10. The molecular weight excluding hydrogens is 352 g/mol. The molecule has 3 rings (SSSR count). The standard InChI is InChI=1S/C19H27F2N5O/c1-11-13(12(2)25(24-11)18(20)21)9-17(27)23-15-7-6-8-16-14(15)10-22-26(16)19(3,4)5/h10,15,18H,6-9H2,1-5H3,(H,23,27)/t15-/m0/s1. The molecule has 1 atom stereocenters. The number of halogens is 2. The Balaban J connectivity index is 1.76. The van der Waals surface area contributed by atoms with Crippen molar-refractivity contribution in [2.75, 3.05) is 0 Å². The molecule has 0 spiro atoms. The molecule has 1 aliphatic carbocycles. The zero-order valence-corrected chi connectivity index (χ0v) is 16.5. The number of fused-ring (bicyclic) bond motifs is 1. The fourth-order valence-corrected chi connectivity index (χ4v) is 3.83. The predicted octanol–water partition coefficient (Wildman–Crippen LogP) is 3.58. The molecule has 27 heavy (non-hydrogen) atoms. The second kappa shape index (κ2) is 7.05. The molecule has 2 aromatic heterocycles. The van der Waals surface area contributed by atoms with Crippen molar-refractivity contribution >= 4 is 5.91 Å². The van der Waals surface area contributed by atoms with Crippen LogP contribution in [-0.2, 0) is 23.2 Å². The van der Waals surface area contributed by atoms with Gasteiger partial charge in [-0.15, -0.1) is 0 Å². The smallest absolute Gasteiger partial charge is 0.333 e. The summed E-state index contributed by atoms with van der Waals surface area (Å²) in [5.41, 5.74) is 3.47. The number of nitrogens with one attached hydrogen (secondary N) is 1. The van der Waals surface area contributed by atoms with E-state index in [0.29, 0.717) is 21.6 Å². The van der Waals surface area contributed by atoms with Crippen molar-refractivity contribution in [2.45, 2.75) is 78.4 Å². The van der Waals surface area contributed by atoms with E-state index in [1.807, 2.05) is 10.9 Å². The molecule has 0 unspecified atom stereocenters. The van der Waals surface area contributed by atoms with Crippen molar-refractivity contribution in [3.8, 4) is 0 Å². The number of aryl methyl sites for hydroxylation is 1. The van der Waals surface area contributed by atoms with E-state index in [1.54, 1.807) is 13.8 Å². The van der Waals surface area contributed by atoms with E-state index in [0.717, 1.165) is 30.5 Å². The maximum absolute atomic E-state index is 13.0. The third-order valence-corrected chi connectivity index (χ3v) is 5.15. The molecule has 0 radical (unpaired) electrons. The lowest BCUT2D eigenvalue weighted by molar-refractivity contribution is -0.121. The zero-order valence-electron chi connectivity index (χ0n) is 16.5. The first kappa shape index (κ1) is 19.5. The van der Waals surface area contributed by atoms with Crippen molar-refractivity contribution in [2.24, 2.45) is 0 Å². The van der Waals surface area contributed by atoms with Crippen LogP contribution in [0.1, 0.15) is 74.4 Å². The first-order valence-electron chi connectivity index (χ1n) is 9.29. The summed E-state index contributed by atoms with van der Waals surface area (Å²) in [7, 11) is 0. The lowest BCUT2D eigenvalue weighted by Gasteiger charge is -2.28. The van der Waals surface area contributed by atoms with Crippen molar-refractivity contribution in [1.82, 2.24) is 24.9 Å². The molecule has 1 N–H and O–H groups in total. The molecular formula is C19H27F2N5O. The van der Waals surface area contributed by atoms with E-state index in [1.165, 1.54) is 0 Å². The Bertz CT molecular complexity index is 847. The van der Waals surface area contributed by atoms with Gasteiger partial charge in [-0.1, -0.05) is 0 Å². The molecule has 1 amide bonds. The highest BCUT2D eigenvalue weighted by Crippen LogP contribution is 2.32. The number of rotatable bonds is 4. The summed E-state index contributed by atoms with van der Waals surface area (Å²) in [5.74, 6) is -0.184. The van der Waals surface area contributed by atoms with Gasteiger partial charge in [-0.2, -0.15) is 19.0 Å². The van der Waals surface area contributed by atoms with Gasteiger partial charge >= 0.3 is 6.55 Å². The molecule has 0 aliphatic heterocycles. The Morgan fingerprint density at radius 2 is 2.07 bits per heavy atom. The van der Waals surface area contributed by atoms with E-state index < -0.39 is 6.55 Å². The van der Waals surface area contributed by atoms with Gasteiger partial charge in [-0.3, -0.25) is 9.48 Å². The Morgan fingerprint density at radius 1 is 1.37 bits per heavy atom. The molecule has 0 saturated carbocycles. The van der Waals surface area contributed by atoms with Gasteiger partial charge in [0.05, 0.1) is 29.9 Å². The maximum atomic E-state index is 13.0. The van der Waals surface area contributed by atoms with E-state index >= 15 is 0 Å². The molecule has 1 aliphatic rings. The summed E-state index contributed by atoms with van der Waals surface area (Å²) >= 11 is 0. The molecule has 0 aromatic carbocycles. The lowest BCUT2D eigenvalue weighted by Crippen LogP contribution is -2.33. The van der Waals surface area contributed by atoms with E-state index in [4.69, 9.17) is 0 Å². The zero-order chi connectivity index (χ0) is 19.9. The number of amides is 1. The lowest BCUT2D eigenvalue weighted by atomic mass is 9.92. The third-order valence-electron chi connectivity index (χ3n) is 5.15. The Morgan fingerprint density at radius 3 is 2.67 bits per heavy atom. The summed E-state index contributed by atoms with van der Waals surface area (Å²) < 4.78 is 28.7. The fraction of sp³-hybridized carbons (Fsp3) is 0.632. The summed E-state index contributed by atoms with van der Waals surface area (Å²) in [6, 6.07) is -0.0943. The Labute approximate surface area is 157 Å². The molecule has 2 heterocycles. The second-order valence-electron chi connectivity index (χ2n) is 8.19. The van der Waals surface area contributed by atoms with E-state index in [9.17, 15) is 13.6 Å². The minimum absolute atomic E-state index is 0.0453. The van der Waals surface area contributed by atoms with Crippen LogP contribution in [0, 0.1) is 13.8 Å². The highest BCUT2D eigenvalue weighted by atomic mass is 19.3. The SMILES string of the molecule is Cc1nn(C(F)F)c(C)c1CC(=O)N[C@H]1CCCc2c1cnn2C(C)(C)C. The summed E-state index contributed by atoms with van der Waals surface area (Å²) in [6.45, 7) is 6.84. The van der Waals surface area contributed by atoms with Crippen LogP contribution < -0.4 is 5.32 Å². The van der Waals surface area contributed by atoms with Gasteiger partial charge in [0.1, 0.15) is 0 Å². The molecule has 6 nitrogen and oxygen atoms in total. The highest BCUT2D eigenvalue weighted by molar-refractivity contribution is 5.79. The number of alkyl halides is 2. The van der Waals surface area contributed by atoms with Gasteiger partial charge in [0.15, 0.2) is 0 Å². The van der Waals surface area contributed by atoms with Crippen LogP contribution in [0.5, 0.6) is 0 Å². The van der Waals surface area contributed by atoms with Crippen LogP contribution in [-0.4, -0.2) is 25.5 Å². The Hall–Kier alpha value is -2.25. The molecule has 148 valence electrons. The average Bonchev–Trinajstić information content (AvgIpc) is 3.12. The molecule has 0 bridgehead atoms. The molecule has 0 saturated heterocycles. The molecule has 0 fully saturated rings. The average molecular weight is 379 g/mol. The first-order chi connectivity index (χ1) is 12.6. The van der Waals surface area contributed by atoms with Crippen LogP contribution in [0.25, 0.3) is 0 Å². The topological polar surface area (TPSA) is 64.7 Å². The van der Waals surface area contributed by atoms with Crippen LogP contribution in [0.15, 0.2) is 6.20 Å². The van der Waals surface area contributed by atoms with E-state index in [-0.39, 0.29) is 23.9 Å². The predicted molar refractivity (Wildman–Crippen MR) is 97.7 cm³/mol. The van der Waals surface area contributed by atoms with Gasteiger partial charge in [0.2, 0.25) is 5.91 Å². The third kappa shape index (κ3) is 3.75. The summed E-state index contributed by atoms with van der Waals surface area (Å²) in [6.07, 6.45) is 4.65. The monoisotopic (exact) mass is 379 g/mol. The second-order valence-corrected chi connectivity index (χ2v) is 8.19. The highest BCUT2D eigenvalue weighted by Gasteiger charge is 2.29. The van der Waals surface area contributed by atoms with Crippen LogP contribution in [0.3, 0.4) is 0 Å². The number of nitrogens with zero attached hydrogens (tertiary/aromatic N) is 4. The minimum Gasteiger partial charge on any atom is -0.349 e. The van der Waals surface area contributed by atoms with Crippen LogP contribution in [0.4, 0.5) is 8.78 Å². The van der Waals surface area contributed by atoms with Crippen LogP contribution in [0.2, 0.25) is 0 Å². The summed E-state index contributed by atoms with van der Waals surface area (Å²) in [4.78, 5) is 12.6. The van der Waals surface area contributed by atoms with Crippen molar-refractivity contribution in [3.05, 3.63) is 34.4 Å².